The third kappa shape index (κ3) is 7.90. The quantitative estimate of drug-likeness (QED) is 0.125. The molecule has 1 saturated carbocycles. The predicted molar refractivity (Wildman–Crippen MR) is 158 cm³/mol. The van der Waals surface area contributed by atoms with Crippen molar-refractivity contribution in [2.24, 2.45) is 5.92 Å². The van der Waals surface area contributed by atoms with Crippen molar-refractivity contribution < 1.29 is 44.3 Å². The third-order valence-corrected chi connectivity index (χ3v) is 8.57. The SMILES string of the molecule is CCCCCC1CCC(c2cnc(-c3ccc(-c4cc(F)c(C(F)(F)Oc5ccc(C(F)(F)F)c(F)c5)c(F)c4)c(F)c3)nc2)CC1. The summed E-state index contributed by atoms with van der Waals surface area (Å²) in [5.41, 5.74) is -3.05. The lowest BCUT2D eigenvalue weighted by atomic mass is 9.77. The van der Waals surface area contributed by atoms with Crippen molar-refractivity contribution in [1.29, 1.82) is 0 Å². The van der Waals surface area contributed by atoms with Crippen LogP contribution >= 0.6 is 0 Å². The molecule has 0 spiro atoms. The van der Waals surface area contributed by atoms with Gasteiger partial charge < -0.3 is 4.74 Å². The van der Waals surface area contributed by atoms with E-state index in [1.807, 2.05) is 0 Å². The Kier molecular flexibility index (Phi) is 10.2. The molecule has 0 atom stereocenters. The molecule has 3 aromatic carbocycles. The Hall–Kier alpha value is -4.09. The maximum atomic E-state index is 15.2. The van der Waals surface area contributed by atoms with E-state index < -0.39 is 58.0 Å². The van der Waals surface area contributed by atoms with Gasteiger partial charge in [-0.15, -0.1) is 0 Å². The van der Waals surface area contributed by atoms with E-state index in [-0.39, 0.29) is 23.5 Å². The van der Waals surface area contributed by atoms with Gasteiger partial charge in [0.15, 0.2) is 5.82 Å². The highest BCUT2D eigenvalue weighted by Crippen LogP contribution is 2.40. The lowest BCUT2D eigenvalue weighted by molar-refractivity contribution is -0.189. The number of ether oxygens (including phenoxy) is 1. The van der Waals surface area contributed by atoms with E-state index in [0.29, 0.717) is 29.7 Å². The fourth-order valence-corrected chi connectivity index (χ4v) is 6.05. The first-order valence-electron chi connectivity index (χ1n) is 15.3. The molecule has 0 amide bonds. The zero-order valence-electron chi connectivity index (χ0n) is 25.3. The van der Waals surface area contributed by atoms with Gasteiger partial charge in [0.05, 0.1) is 5.56 Å². The van der Waals surface area contributed by atoms with Crippen molar-refractivity contribution in [1.82, 2.24) is 9.97 Å². The number of nitrogens with zero attached hydrogens (tertiary/aromatic N) is 2. The molecular formula is C35H31F9N2O. The van der Waals surface area contributed by atoms with Crippen molar-refractivity contribution in [3.8, 4) is 28.3 Å². The maximum Gasteiger partial charge on any atom is 0.432 e. The fraction of sp³-hybridized carbons (Fsp3) is 0.371. The smallest absolute Gasteiger partial charge is 0.429 e. The highest BCUT2D eigenvalue weighted by Gasteiger charge is 2.42. The summed E-state index contributed by atoms with van der Waals surface area (Å²) in [6.07, 6.45) is 3.00. The van der Waals surface area contributed by atoms with E-state index >= 15 is 4.39 Å². The predicted octanol–water partition coefficient (Wildman–Crippen LogP) is 11.4. The van der Waals surface area contributed by atoms with Crippen LogP contribution in [0.4, 0.5) is 39.5 Å². The molecule has 0 aliphatic heterocycles. The number of hydrogen-bond donors (Lipinski definition) is 0. The molecule has 250 valence electrons. The van der Waals surface area contributed by atoms with Gasteiger partial charge in [0, 0.05) is 29.6 Å². The van der Waals surface area contributed by atoms with Crippen LogP contribution in [-0.4, -0.2) is 9.97 Å². The number of aromatic nitrogens is 2. The first kappa shape index (κ1) is 34.3. The molecule has 1 aromatic heterocycles. The third-order valence-electron chi connectivity index (χ3n) is 8.57. The Morgan fingerprint density at radius 3 is 1.94 bits per heavy atom. The number of benzene rings is 3. The van der Waals surface area contributed by atoms with E-state index in [4.69, 9.17) is 0 Å². The number of alkyl halides is 5. The molecule has 4 aromatic rings. The normalized spacial score (nSPS) is 17.1. The van der Waals surface area contributed by atoms with Gasteiger partial charge in [-0.3, -0.25) is 0 Å². The second-order valence-electron chi connectivity index (χ2n) is 11.8. The van der Waals surface area contributed by atoms with E-state index in [9.17, 15) is 35.1 Å². The van der Waals surface area contributed by atoms with Gasteiger partial charge in [0.25, 0.3) is 0 Å². The van der Waals surface area contributed by atoms with Crippen LogP contribution in [0.5, 0.6) is 5.75 Å². The fourth-order valence-electron chi connectivity index (χ4n) is 6.05. The zero-order valence-corrected chi connectivity index (χ0v) is 25.3. The summed E-state index contributed by atoms with van der Waals surface area (Å²) in [7, 11) is 0. The molecular weight excluding hydrogens is 635 g/mol. The Morgan fingerprint density at radius 1 is 0.723 bits per heavy atom. The summed E-state index contributed by atoms with van der Waals surface area (Å²) < 4.78 is 131. The lowest BCUT2D eigenvalue weighted by Crippen LogP contribution is -2.25. The first-order valence-corrected chi connectivity index (χ1v) is 15.3. The summed E-state index contributed by atoms with van der Waals surface area (Å²) in [6.45, 7) is 2.19. The van der Waals surface area contributed by atoms with E-state index in [0.717, 1.165) is 43.2 Å². The van der Waals surface area contributed by atoms with Gasteiger partial charge in [-0.1, -0.05) is 44.7 Å². The van der Waals surface area contributed by atoms with E-state index in [1.54, 1.807) is 12.4 Å². The molecule has 0 radical (unpaired) electrons. The first-order chi connectivity index (χ1) is 22.3. The number of halogens is 9. The van der Waals surface area contributed by atoms with Gasteiger partial charge in [0.2, 0.25) is 0 Å². The van der Waals surface area contributed by atoms with Crippen LogP contribution in [0.25, 0.3) is 22.5 Å². The zero-order chi connectivity index (χ0) is 33.9. The minimum atomic E-state index is -5.10. The molecule has 1 fully saturated rings. The van der Waals surface area contributed by atoms with Gasteiger partial charge in [0.1, 0.15) is 34.6 Å². The van der Waals surface area contributed by atoms with Crippen LogP contribution in [0.3, 0.4) is 0 Å². The molecule has 12 heteroatoms. The lowest BCUT2D eigenvalue weighted by Gasteiger charge is -2.28. The number of unbranched alkanes of at least 4 members (excludes halogenated alkanes) is 2. The average Bonchev–Trinajstić information content (AvgIpc) is 3.00. The molecule has 5 rings (SSSR count). The van der Waals surface area contributed by atoms with Crippen molar-refractivity contribution in [3.05, 3.63) is 101 Å². The van der Waals surface area contributed by atoms with Gasteiger partial charge in [-0.2, -0.15) is 22.0 Å². The molecule has 3 nitrogen and oxygen atoms in total. The second kappa shape index (κ2) is 13.9. The molecule has 0 N–H and O–H groups in total. The Balaban J connectivity index is 1.29. The largest absolute Gasteiger partial charge is 0.432 e. The summed E-state index contributed by atoms with van der Waals surface area (Å²) in [4.78, 5) is 8.79. The standard InChI is InChI=1S/C35H31F9N2O/c1-2-3-4-5-20-6-8-21(9-7-20)24-18-45-33(46-19-24)22-10-12-26(28(36)14-22)23-15-30(38)32(31(39)16-23)35(43,44)47-25-11-13-27(29(37)17-25)34(40,41)42/h10-21H,2-9H2,1H3. The summed E-state index contributed by atoms with van der Waals surface area (Å²) >= 11 is 0. The molecule has 0 bridgehead atoms. The van der Waals surface area contributed by atoms with Crippen LogP contribution in [0.1, 0.15) is 80.9 Å². The van der Waals surface area contributed by atoms with Crippen LogP contribution in [0, 0.1) is 29.2 Å². The molecule has 0 unspecified atom stereocenters. The Bertz CT molecular complexity index is 1680. The van der Waals surface area contributed by atoms with Crippen molar-refractivity contribution in [3.63, 3.8) is 0 Å². The summed E-state index contributed by atoms with van der Waals surface area (Å²) in [5.74, 6) is -6.26. The van der Waals surface area contributed by atoms with Crippen molar-refractivity contribution in [2.75, 3.05) is 0 Å². The van der Waals surface area contributed by atoms with E-state index in [2.05, 4.69) is 21.6 Å². The number of hydrogen-bond acceptors (Lipinski definition) is 3. The van der Waals surface area contributed by atoms with Crippen LogP contribution in [-0.2, 0) is 12.3 Å². The van der Waals surface area contributed by atoms with Crippen LogP contribution in [0.2, 0.25) is 0 Å². The van der Waals surface area contributed by atoms with Crippen LogP contribution in [0.15, 0.2) is 60.9 Å². The minimum Gasteiger partial charge on any atom is -0.429 e. The highest BCUT2D eigenvalue weighted by atomic mass is 19.4. The monoisotopic (exact) mass is 666 g/mol. The van der Waals surface area contributed by atoms with Gasteiger partial charge in [-0.05, 0) is 79.0 Å². The summed E-state index contributed by atoms with van der Waals surface area (Å²) in [5, 5.41) is 0. The maximum absolute atomic E-state index is 15.2. The van der Waals surface area contributed by atoms with Gasteiger partial charge >= 0.3 is 12.3 Å². The Morgan fingerprint density at radius 2 is 1.36 bits per heavy atom. The number of rotatable bonds is 10. The molecule has 1 heterocycles. The van der Waals surface area contributed by atoms with E-state index in [1.165, 1.54) is 37.8 Å². The van der Waals surface area contributed by atoms with Crippen molar-refractivity contribution >= 4 is 0 Å². The average molecular weight is 667 g/mol. The second-order valence-corrected chi connectivity index (χ2v) is 11.8. The molecule has 1 aliphatic rings. The Labute approximate surface area is 265 Å². The highest BCUT2D eigenvalue weighted by molar-refractivity contribution is 5.69. The van der Waals surface area contributed by atoms with Gasteiger partial charge in [-0.25, -0.2) is 27.5 Å². The summed E-state index contributed by atoms with van der Waals surface area (Å²) in [6, 6.07) is 5.18. The topological polar surface area (TPSA) is 35.0 Å². The molecule has 47 heavy (non-hydrogen) atoms. The van der Waals surface area contributed by atoms with Crippen molar-refractivity contribution in [2.45, 2.75) is 76.5 Å². The van der Waals surface area contributed by atoms with Crippen LogP contribution < -0.4 is 4.74 Å². The molecule has 1 aliphatic carbocycles. The molecule has 0 saturated heterocycles. The minimum absolute atomic E-state index is 0.0233.